The van der Waals surface area contributed by atoms with Crippen LogP contribution in [0.4, 0.5) is 0 Å². The Bertz CT molecular complexity index is 464. The van der Waals surface area contributed by atoms with Gasteiger partial charge >= 0.3 is 5.97 Å². The summed E-state index contributed by atoms with van der Waals surface area (Å²) in [6.07, 6.45) is 1.62. The van der Waals surface area contributed by atoms with E-state index in [1.54, 1.807) is 13.2 Å². The molecule has 0 unspecified atom stereocenters. The van der Waals surface area contributed by atoms with Gasteiger partial charge in [0.15, 0.2) is 0 Å². The molecule has 1 aromatic carbocycles. The highest BCUT2D eigenvalue weighted by Crippen LogP contribution is 2.46. The molecule has 1 N–H and O–H groups in total. The quantitative estimate of drug-likeness (QED) is 0.585. The van der Waals surface area contributed by atoms with E-state index in [2.05, 4.69) is 5.32 Å². The summed E-state index contributed by atoms with van der Waals surface area (Å²) in [6.45, 7) is 1.72. The minimum absolute atomic E-state index is 0.109. The second-order valence-corrected chi connectivity index (χ2v) is 4.58. The average Bonchev–Trinajstić information content (AvgIpc) is 2.63. The van der Waals surface area contributed by atoms with Gasteiger partial charge < -0.3 is 14.8 Å². The van der Waals surface area contributed by atoms with Gasteiger partial charge in [-0.05, 0) is 32.0 Å². The van der Waals surface area contributed by atoms with Crippen molar-refractivity contribution in [2.75, 3.05) is 20.2 Å². The van der Waals surface area contributed by atoms with E-state index in [9.17, 15) is 4.79 Å². The lowest BCUT2D eigenvalue weighted by Gasteiger charge is -2.30. The van der Waals surface area contributed by atoms with E-state index in [4.69, 9.17) is 9.47 Å². The number of fused-ring (bicyclic) bond motifs is 2. The van der Waals surface area contributed by atoms with Gasteiger partial charge in [-0.1, -0.05) is 6.07 Å². The first-order valence-electron chi connectivity index (χ1n) is 5.88. The number of esters is 1. The van der Waals surface area contributed by atoms with Crippen molar-refractivity contribution in [1.29, 1.82) is 0 Å². The van der Waals surface area contributed by atoms with Crippen LogP contribution in [0.5, 0.6) is 11.5 Å². The summed E-state index contributed by atoms with van der Waals surface area (Å²) in [5.74, 6) is 1.28. The number of methoxy groups -OCH3 is 1. The van der Waals surface area contributed by atoms with Gasteiger partial charge in [-0.25, -0.2) is 0 Å². The van der Waals surface area contributed by atoms with Gasteiger partial charge in [0.05, 0.1) is 12.5 Å². The van der Waals surface area contributed by atoms with Crippen molar-refractivity contribution in [2.45, 2.75) is 18.3 Å². The van der Waals surface area contributed by atoms with Crippen LogP contribution in [0, 0.1) is 0 Å². The van der Waals surface area contributed by atoms with Crippen molar-refractivity contribution in [1.82, 2.24) is 5.32 Å². The Kier molecular flexibility index (Phi) is 2.33. The number of carbonyl (C=O) groups is 1. The van der Waals surface area contributed by atoms with E-state index in [-0.39, 0.29) is 5.97 Å². The lowest BCUT2D eigenvalue weighted by Crippen LogP contribution is -2.44. The van der Waals surface area contributed by atoms with Crippen LogP contribution < -0.4 is 14.8 Å². The molecule has 4 nitrogen and oxygen atoms in total. The molecular formula is C13H15NO3. The van der Waals surface area contributed by atoms with Crippen molar-refractivity contribution >= 4 is 5.97 Å². The molecule has 4 heteroatoms. The predicted molar refractivity (Wildman–Crippen MR) is 62.4 cm³/mol. The maximum atomic E-state index is 12.1. The fraction of sp³-hybridized carbons (Fsp3) is 0.462. The van der Waals surface area contributed by atoms with Crippen molar-refractivity contribution in [3.8, 4) is 11.5 Å². The lowest BCUT2D eigenvalue weighted by atomic mass is 9.74. The zero-order valence-electron chi connectivity index (χ0n) is 9.79. The molecule has 1 fully saturated rings. The van der Waals surface area contributed by atoms with Crippen LogP contribution in [0.3, 0.4) is 0 Å². The molecule has 2 aliphatic rings. The third kappa shape index (κ3) is 1.44. The molecule has 17 heavy (non-hydrogen) atoms. The van der Waals surface area contributed by atoms with E-state index in [0.29, 0.717) is 5.75 Å². The fourth-order valence-electron chi connectivity index (χ4n) is 2.74. The standard InChI is InChI=1S/C13H15NO3/c1-16-9-2-3-10-11(8-9)17-12(15)13(10)4-6-14-7-5-13/h2-3,8,14H,4-7H2,1H3. The Labute approximate surface area is 99.9 Å². The number of nitrogens with one attached hydrogen (secondary N) is 1. The van der Waals surface area contributed by atoms with Crippen molar-refractivity contribution in [2.24, 2.45) is 0 Å². The first kappa shape index (κ1) is 10.6. The average molecular weight is 233 g/mol. The summed E-state index contributed by atoms with van der Waals surface area (Å²) >= 11 is 0. The number of piperidine rings is 1. The Morgan fingerprint density at radius 1 is 1.35 bits per heavy atom. The van der Waals surface area contributed by atoms with Gasteiger partial charge in [0.1, 0.15) is 11.5 Å². The zero-order valence-corrected chi connectivity index (χ0v) is 9.79. The van der Waals surface area contributed by atoms with Crippen LogP contribution in [0.2, 0.25) is 0 Å². The largest absolute Gasteiger partial charge is 0.497 e. The molecule has 1 saturated heterocycles. The van der Waals surface area contributed by atoms with Gasteiger partial charge in [0.2, 0.25) is 0 Å². The molecule has 0 atom stereocenters. The summed E-state index contributed by atoms with van der Waals surface area (Å²) in [5, 5.41) is 3.28. The maximum Gasteiger partial charge on any atom is 0.322 e. The third-order valence-corrected chi connectivity index (χ3v) is 3.75. The molecule has 90 valence electrons. The minimum Gasteiger partial charge on any atom is -0.497 e. The molecule has 0 radical (unpaired) electrons. The number of carbonyl (C=O) groups excluding carboxylic acids is 1. The van der Waals surface area contributed by atoms with E-state index >= 15 is 0 Å². The highest BCUT2D eigenvalue weighted by molar-refractivity contribution is 5.91. The van der Waals surface area contributed by atoms with Gasteiger partial charge in [-0.15, -0.1) is 0 Å². The summed E-state index contributed by atoms with van der Waals surface area (Å²) in [5.41, 5.74) is 0.595. The molecule has 1 aromatic rings. The van der Waals surface area contributed by atoms with E-state index in [0.717, 1.165) is 37.2 Å². The summed E-state index contributed by atoms with van der Waals surface area (Å²) in [4.78, 5) is 12.1. The second kappa shape index (κ2) is 3.74. The Morgan fingerprint density at radius 2 is 2.12 bits per heavy atom. The molecule has 0 bridgehead atoms. The predicted octanol–water partition coefficient (Wildman–Crippen LogP) is 1.24. The number of hydrogen-bond donors (Lipinski definition) is 1. The van der Waals surface area contributed by atoms with E-state index in [1.807, 2.05) is 12.1 Å². The molecule has 0 saturated carbocycles. The fourth-order valence-corrected chi connectivity index (χ4v) is 2.74. The molecule has 0 aromatic heterocycles. The lowest BCUT2D eigenvalue weighted by molar-refractivity contribution is -0.139. The second-order valence-electron chi connectivity index (χ2n) is 4.58. The van der Waals surface area contributed by atoms with Crippen LogP contribution in [0.25, 0.3) is 0 Å². The third-order valence-electron chi connectivity index (χ3n) is 3.75. The monoisotopic (exact) mass is 233 g/mol. The smallest absolute Gasteiger partial charge is 0.322 e. The van der Waals surface area contributed by atoms with Gasteiger partial charge in [-0.3, -0.25) is 4.79 Å². The first-order valence-corrected chi connectivity index (χ1v) is 5.88. The zero-order chi connectivity index (χ0) is 11.9. The molecule has 2 aliphatic heterocycles. The molecule has 0 aliphatic carbocycles. The van der Waals surface area contributed by atoms with Gasteiger partial charge in [0, 0.05) is 11.6 Å². The van der Waals surface area contributed by atoms with Gasteiger partial charge in [0.25, 0.3) is 0 Å². The van der Waals surface area contributed by atoms with Gasteiger partial charge in [-0.2, -0.15) is 0 Å². The SMILES string of the molecule is COc1ccc2c(c1)OC(=O)C21CCNCC1. The Morgan fingerprint density at radius 3 is 2.82 bits per heavy atom. The normalized spacial score (nSPS) is 21.1. The Balaban J connectivity index is 2.07. The number of rotatable bonds is 1. The number of benzene rings is 1. The van der Waals surface area contributed by atoms with Crippen LogP contribution in [0.1, 0.15) is 18.4 Å². The molecule has 1 spiro atoms. The van der Waals surface area contributed by atoms with Crippen molar-refractivity contribution in [3.05, 3.63) is 23.8 Å². The summed E-state index contributed by atoms with van der Waals surface area (Å²) in [6, 6.07) is 5.65. The van der Waals surface area contributed by atoms with Crippen molar-refractivity contribution in [3.63, 3.8) is 0 Å². The topological polar surface area (TPSA) is 47.6 Å². The molecule has 2 heterocycles. The van der Waals surface area contributed by atoms with Crippen LogP contribution in [0.15, 0.2) is 18.2 Å². The maximum absolute atomic E-state index is 12.1. The molecule has 3 rings (SSSR count). The van der Waals surface area contributed by atoms with Crippen LogP contribution in [-0.2, 0) is 10.2 Å². The molecular weight excluding hydrogens is 218 g/mol. The Hall–Kier alpha value is -1.55. The van der Waals surface area contributed by atoms with Crippen LogP contribution in [-0.4, -0.2) is 26.2 Å². The molecule has 0 amide bonds. The van der Waals surface area contributed by atoms with Crippen LogP contribution >= 0.6 is 0 Å². The highest BCUT2D eigenvalue weighted by atomic mass is 16.5. The van der Waals surface area contributed by atoms with Crippen molar-refractivity contribution < 1.29 is 14.3 Å². The van der Waals surface area contributed by atoms with E-state index in [1.165, 1.54) is 0 Å². The number of ether oxygens (including phenoxy) is 2. The summed E-state index contributed by atoms with van der Waals surface area (Å²) < 4.78 is 10.5. The number of hydrogen-bond acceptors (Lipinski definition) is 4. The highest BCUT2D eigenvalue weighted by Gasteiger charge is 2.49. The minimum atomic E-state index is -0.424. The summed E-state index contributed by atoms with van der Waals surface area (Å²) in [7, 11) is 1.61. The first-order chi connectivity index (χ1) is 8.26. The van der Waals surface area contributed by atoms with E-state index < -0.39 is 5.41 Å².